The maximum atomic E-state index is 11.8. The van der Waals surface area contributed by atoms with Crippen LogP contribution in [0.25, 0.3) is 0 Å². The van der Waals surface area contributed by atoms with Gasteiger partial charge < -0.3 is 10.1 Å². The van der Waals surface area contributed by atoms with E-state index < -0.39 is 0 Å². The number of carbonyl (C=O) groups is 1. The monoisotopic (exact) mass is 312 g/mol. The third-order valence-electron chi connectivity index (χ3n) is 3.11. The van der Waals surface area contributed by atoms with Gasteiger partial charge in [0.05, 0.1) is 0 Å². The number of hydrogen-bond acceptors (Lipinski definition) is 3. The minimum atomic E-state index is 0.0343. The Labute approximate surface area is 115 Å². The molecule has 1 aromatic heterocycles. The molecule has 0 aromatic carbocycles. The van der Waals surface area contributed by atoms with Crippen LogP contribution in [0.5, 0.6) is 0 Å². The number of nitrogens with zero attached hydrogens (tertiary/aromatic N) is 1. The standard InChI is InChI=1S/C13H17BrN2O2/c14-11-3-6-15-12(9-11)16-13(17)2-1-10-4-7-18-8-5-10/h3,6,9-10H,1-2,4-5,7-8H2,(H,15,16,17). The fourth-order valence-electron chi connectivity index (χ4n) is 2.05. The minimum absolute atomic E-state index is 0.0343. The van der Waals surface area contributed by atoms with E-state index in [-0.39, 0.29) is 5.91 Å². The number of amides is 1. The van der Waals surface area contributed by atoms with Crippen molar-refractivity contribution in [3.63, 3.8) is 0 Å². The lowest BCUT2D eigenvalue weighted by molar-refractivity contribution is -0.116. The van der Waals surface area contributed by atoms with E-state index in [1.165, 1.54) is 0 Å². The molecule has 4 nitrogen and oxygen atoms in total. The molecule has 0 bridgehead atoms. The summed E-state index contributed by atoms with van der Waals surface area (Å²) in [7, 11) is 0. The molecule has 1 aliphatic rings. The Morgan fingerprint density at radius 2 is 2.28 bits per heavy atom. The molecule has 5 heteroatoms. The molecule has 1 fully saturated rings. The number of rotatable bonds is 4. The van der Waals surface area contributed by atoms with Crippen LogP contribution in [0.2, 0.25) is 0 Å². The maximum absolute atomic E-state index is 11.8. The van der Waals surface area contributed by atoms with E-state index in [9.17, 15) is 4.79 Å². The van der Waals surface area contributed by atoms with Crippen molar-refractivity contribution >= 4 is 27.7 Å². The number of halogens is 1. The van der Waals surface area contributed by atoms with Gasteiger partial charge in [-0.1, -0.05) is 15.9 Å². The highest BCUT2D eigenvalue weighted by Gasteiger charge is 2.15. The van der Waals surface area contributed by atoms with Crippen LogP contribution >= 0.6 is 15.9 Å². The smallest absolute Gasteiger partial charge is 0.225 e. The van der Waals surface area contributed by atoms with Crippen LogP contribution in [0.1, 0.15) is 25.7 Å². The summed E-state index contributed by atoms with van der Waals surface area (Å²) in [5.41, 5.74) is 0. The summed E-state index contributed by atoms with van der Waals surface area (Å²) in [4.78, 5) is 15.9. The normalized spacial score (nSPS) is 16.5. The molecule has 2 heterocycles. The van der Waals surface area contributed by atoms with Crippen LogP contribution in [0.3, 0.4) is 0 Å². The summed E-state index contributed by atoms with van der Waals surface area (Å²) in [5.74, 6) is 1.26. The van der Waals surface area contributed by atoms with Gasteiger partial charge in [0, 0.05) is 30.3 Å². The van der Waals surface area contributed by atoms with E-state index in [4.69, 9.17) is 4.74 Å². The van der Waals surface area contributed by atoms with Gasteiger partial charge in [-0.25, -0.2) is 4.98 Å². The number of pyridine rings is 1. The van der Waals surface area contributed by atoms with Crippen LogP contribution in [-0.2, 0) is 9.53 Å². The van der Waals surface area contributed by atoms with E-state index in [0.29, 0.717) is 18.2 Å². The number of anilines is 1. The molecule has 98 valence electrons. The third-order valence-corrected chi connectivity index (χ3v) is 3.60. The average Bonchev–Trinajstić information content (AvgIpc) is 2.38. The van der Waals surface area contributed by atoms with E-state index in [0.717, 1.165) is 36.9 Å². The predicted molar refractivity (Wildman–Crippen MR) is 73.3 cm³/mol. The second-order valence-electron chi connectivity index (χ2n) is 4.50. The number of hydrogen-bond donors (Lipinski definition) is 1. The lowest BCUT2D eigenvalue weighted by Crippen LogP contribution is -2.19. The molecule has 0 spiro atoms. The highest BCUT2D eigenvalue weighted by Crippen LogP contribution is 2.20. The SMILES string of the molecule is O=C(CCC1CCOCC1)Nc1cc(Br)ccn1. The van der Waals surface area contributed by atoms with Crippen molar-refractivity contribution in [3.05, 3.63) is 22.8 Å². The van der Waals surface area contributed by atoms with Crippen LogP contribution in [0.4, 0.5) is 5.82 Å². The number of aromatic nitrogens is 1. The molecule has 1 amide bonds. The fourth-order valence-corrected chi connectivity index (χ4v) is 2.38. The Balaban J connectivity index is 1.74. The molecular weight excluding hydrogens is 296 g/mol. The van der Waals surface area contributed by atoms with Crippen molar-refractivity contribution in [3.8, 4) is 0 Å². The lowest BCUT2D eigenvalue weighted by atomic mass is 9.95. The Morgan fingerprint density at radius 1 is 1.50 bits per heavy atom. The molecule has 0 saturated carbocycles. The summed E-state index contributed by atoms with van der Waals surface area (Å²) in [6.07, 6.45) is 5.30. The number of nitrogens with one attached hydrogen (secondary N) is 1. The molecule has 0 unspecified atom stereocenters. The molecule has 1 saturated heterocycles. The second kappa shape index (κ2) is 6.85. The van der Waals surface area contributed by atoms with E-state index in [2.05, 4.69) is 26.2 Å². The first kappa shape index (κ1) is 13.5. The highest BCUT2D eigenvalue weighted by atomic mass is 79.9. The van der Waals surface area contributed by atoms with Crippen molar-refractivity contribution in [1.29, 1.82) is 0 Å². The van der Waals surface area contributed by atoms with Gasteiger partial charge in [0.2, 0.25) is 5.91 Å². The van der Waals surface area contributed by atoms with Crippen molar-refractivity contribution < 1.29 is 9.53 Å². The molecule has 1 aromatic rings. The lowest BCUT2D eigenvalue weighted by Gasteiger charge is -2.21. The Hall–Kier alpha value is -0.940. The molecule has 18 heavy (non-hydrogen) atoms. The Kier molecular flexibility index (Phi) is 5.13. The van der Waals surface area contributed by atoms with Gasteiger partial charge in [0.15, 0.2) is 0 Å². The topological polar surface area (TPSA) is 51.2 Å². The van der Waals surface area contributed by atoms with Gasteiger partial charge in [-0.05, 0) is 37.3 Å². The molecule has 0 radical (unpaired) electrons. The van der Waals surface area contributed by atoms with Gasteiger partial charge in [-0.15, -0.1) is 0 Å². The first-order chi connectivity index (χ1) is 8.74. The first-order valence-corrected chi connectivity index (χ1v) is 7.02. The zero-order chi connectivity index (χ0) is 12.8. The van der Waals surface area contributed by atoms with E-state index >= 15 is 0 Å². The Bertz CT molecular complexity index is 406. The third kappa shape index (κ3) is 4.38. The van der Waals surface area contributed by atoms with Crippen LogP contribution in [0.15, 0.2) is 22.8 Å². The summed E-state index contributed by atoms with van der Waals surface area (Å²) in [6, 6.07) is 3.63. The van der Waals surface area contributed by atoms with Gasteiger partial charge >= 0.3 is 0 Å². The largest absolute Gasteiger partial charge is 0.381 e. The molecule has 0 atom stereocenters. The predicted octanol–water partition coefficient (Wildman–Crippen LogP) is 2.99. The Morgan fingerprint density at radius 3 is 3.00 bits per heavy atom. The van der Waals surface area contributed by atoms with Crippen LogP contribution in [-0.4, -0.2) is 24.1 Å². The van der Waals surface area contributed by atoms with Gasteiger partial charge in [0.1, 0.15) is 5.82 Å². The van der Waals surface area contributed by atoms with Crippen molar-refractivity contribution in [2.24, 2.45) is 5.92 Å². The zero-order valence-electron chi connectivity index (χ0n) is 10.2. The molecule has 2 rings (SSSR count). The molecule has 1 N–H and O–H groups in total. The molecule has 1 aliphatic heterocycles. The van der Waals surface area contributed by atoms with Crippen molar-refractivity contribution in [1.82, 2.24) is 4.98 Å². The highest BCUT2D eigenvalue weighted by molar-refractivity contribution is 9.10. The quantitative estimate of drug-likeness (QED) is 0.930. The van der Waals surface area contributed by atoms with Gasteiger partial charge in [-0.2, -0.15) is 0 Å². The zero-order valence-corrected chi connectivity index (χ0v) is 11.8. The second-order valence-corrected chi connectivity index (χ2v) is 5.42. The van der Waals surface area contributed by atoms with Crippen molar-refractivity contribution in [2.45, 2.75) is 25.7 Å². The first-order valence-electron chi connectivity index (χ1n) is 6.23. The average molecular weight is 313 g/mol. The summed E-state index contributed by atoms with van der Waals surface area (Å²) >= 11 is 3.35. The number of ether oxygens (including phenoxy) is 1. The van der Waals surface area contributed by atoms with Gasteiger partial charge in [-0.3, -0.25) is 4.79 Å². The fraction of sp³-hybridized carbons (Fsp3) is 0.538. The van der Waals surface area contributed by atoms with Crippen molar-refractivity contribution in [2.75, 3.05) is 18.5 Å². The maximum Gasteiger partial charge on any atom is 0.225 e. The van der Waals surface area contributed by atoms with E-state index in [1.54, 1.807) is 12.3 Å². The van der Waals surface area contributed by atoms with Crippen LogP contribution < -0.4 is 5.32 Å². The summed E-state index contributed by atoms with van der Waals surface area (Å²) < 4.78 is 6.21. The number of carbonyl (C=O) groups excluding carboxylic acids is 1. The molecule has 0 aliphatic carbocycles. The summed E-state index contributed by atoms with van der Waals surface area (Å²) in [6.45, 7) is 1.67. The van der Waals surface area contributed by atoms with E-state index in [1.807, 2.05) is 6.07 Å². The van der Waals surface area contributed by atoms with Crippen LogP contribution in [0, 0.1) is 5.92 Å². The van der Waals surface area contributed by atoms with Gasteiger partial charge in [0.25, 0.3) is 0 Å². The summed E-state index contributed by atoms with van der Waals surface area (Å²) in [5, 5.41) is 2.81. The minimum Gasteiger partial charge on any atom is -0.381 e. The molecular formula is C13H17BrN2O2.